The SMILES string of the molecule is CC(C)(C)c1ccc2c(c1)C(C)(C)c1cc(-c3cc(-c4ccc5c(c4)C(C)(C)c4cc(C(C)(C)C)ccc4-5)cc(N(c4ccccc4)c4ccccc4)c3)ccc1-2. The van der Waals surface area contributed by atoms with E-state index in [1.807, 2.05) is 0 Å². The van der Waals surface area contributed by atoms with E-state index in [-0.39, 0.29) is 21.7 Å². The van der Waals surface area contributed by atoms with Gasteiger partial charge in [-0.05, 0) is 143 Å². The van der Waals surface area contributed by atoms with Crippen LogP contribution in [0.4, 0.5) is 17.1 Å². The minimum atomic E-state index is -0.115. The number of anilines is 3. The summed E-state index contributed by atoms with van der Waals surface area (Å²) in [6, 6.07) is 57.4. The Morgan fingerprint density at radius 3 is 1.05 bits per heavy atom. The summed E-state index contributed by atoms with van der Waals surface area (Å²) < 4.78 is 0. The molecule has 7 aromatic carbocycles. The van der Waals surface area contributed by atoms with Crippen molar-refractivity contribution in [3.05, 3.63) is 185 Å². The van der Waals surface area contributed by atoms with Gasteiger partial charge in [-0.25, -0.2) is 0 Å². The monoisotopic (exact) mass is 741 g/mol. The molecule has 0 heterocycles. The molecule has 0 saturated heterocycles. The average molecular weight is 742 g/mol. The molecule has 2 aliphatic rings. The molecule has 2 aliphatic carbocycles. The molecule has 0 spiro atoms. The van der Waals surface area contributed by atoms with Crippen molar-refractivity contribution in [2.24, 2.45) is 0 Å². The molecule has 0 aromatic heterocycles. The predicted molar refractivity (Wildman–Crippen MR) is 245 cm³/mol. The summed E-state index contributed by atoms with van der Waals surface area (Å²) in [6.45, 7) is 23.5. The van der Waals surface area contributed by atoms with E-state index in [4.69, 9.17) is 0 Å². The van der Waals surface area contributed by atoms with E-state index in [0.29, 0.717) is 0 Å². The minimum Gasteiger partial charge on any atom is -0.310 e. The largest absolute Gasteiger partial charge is 0.310 e. The molecule has 1 nitrogen and oxygen atoms in total. The lowest BCUT2D eigenvalue weighted by Crippen LogP contribution is -2.17. The molecule has 0 unspecified atom stereocenters. The zero-order valence-electron chi connectivity index (χ0n) is 35.4. The summed E-state index contributed by atoms with van der Waals surface area (Å²) in [5.74, 6) is 0. The molecule has 0 saturated carbocycles. The second-order valence-corrected chi connectivity index (χ2v) is 19.6. The Morgan fingerprint density at radius 2 is 0.684 bits per heavy atom. The van der Waals surface area contributed by atoms with Gasteiger partial charge in [-0.1, -0.05) is 166 Å². The molecule has 57 heavy (non-hydrogen) atoms. The molecule has 0 fully saturated rings. The Bertz CT molecular complexity index is 2500. The van der Waals surface area contributed by atoms with E-state index < -0.39 is 0 Å². The highest BCUT2D eigenvalue weighted by atomic mass is 15.1. The van der Waals surface area contributed by atoms with Crippen molar-refractivity contribution in [2.45, 2.75) is 90.9 Å². The quantitative estimate of drug-likeness (QED) is 0.170. The van der Waals surface area contributed by atoms with Gasteiger partial charge in [0.1, 0.15) is 0 Å². The van der Waals surface area contributed by atoms with Crippen LogP contribution >= 0.6 is 0 Å². The van der Waals surface area contributed by atoms with Gasteiger partial charge in [-0.3, -0.25) is 0 Å². The third kappa shape index (κ3) is 6.15. The first kappa shape index (κ1) is 36.9. The first-order valence-electron chi connectivity index (χ1n) is 20.7. The van der Waals surface area contributed by atoms with Crippen molar-refractivity contribution in [1.29, 1.82) is 0 Å². The van der Waals surface area contributed by atoms with E-state index in [1.165, 1.54) is 77.9 Å². The van der Waals surface area contributed by atoms with Crippen LogP contribution in [0.5, 0.6) is 0 Å². The van der Waals surface area contributed by atoms with E-state index in [0.717, 1.165) is 17.1 Å². The summed E-state index contributed by atoms with van der Waals surface area (Å²) in [4.78, 5) is 2.40. The lowest BCUT2D eigenvalue weighted by atomic mass is 9.78. The second kappa shape index (κ2) is 12.9. The fourth-order valence-corrected chi connectivity index (χ4v) is 9.44. The minimum absolute atomic E-state index is 0.0934. The van der Waals surface area contributed by atoms with Gasteiger partial charge in [0, 0.05) is 27.9 Å². The van der Waals surface area contributed by atoms with Crippen LogP contribution in [0, 0.1) is 0 Å². The molecule has 0 N–H and O–H groups in total. The van der Waals surface area contributed by atoms with Gasteiger partial charge in [0.2, 0.25) is 0 Å². The molecule has 7 aromatic rings. The van der Waals surface area contributed by atoms with Crippen LogP contribution in [0.3, 0.4) is 0 Å². The van der Waals surface area contributed by atoms with Crippen molar-refractivity contribution in [3.63, 3.8) is 0 Å². The molecular formula is C56H55N. The average Bonchev–Trinajstić information content (AvgIpc) is 3.56. The molecule has 0 radical (unpaired) electrons. The highest BCUT2D eigenvalue weighted by Gasteiger charge is 2.38. The summed E-state index contributed by atoms with van der Waals surface area (Å²) >= 11 is 0. The number of hydrogen-bond donors (Lipinski definition) is 0. The van der Waals surface area contributed by atoms with Crippen molar-refractivity contribution in [2.75, 3.05) is 4.90 Å². The van der Waals surface area contributed by atoms with Crippen molar-refractivity contribution < 1.29 is 0 Å². The summed E-state index contributed by atoms with van der Waals surface area (Å²) in [5, 5.41) is 0. The van der Waals surface area contributed by atoms with Gasteiger partial charge in [0.05, 0.1) is 0 Å². The summed E-state index contributed by atoms with van der Waals surface area (Å²) in [7, 11) is 0. The van der Waals surface area contributed by atoms with Crippen LogP contribution in [0.2, 0.25) is 0 Å². The van der Waals surface area contributed by atoms with E-state index in [1.54, 1.807) is 0 Å². The van der Waals surface area contributed by atoms with E-state index in [2.05, 4.69) is 226 Å². The fraction of sp³-hybridized carbons (Fsp3) is 0.250. The topological polar surface area (TPSA) is 3.24 Å². The maximum Gasteiger partial charge on any atom is 0.0473 e. The van der Waals surface area contributed by atoms with E-state index in [9.17, 15) is 0 Å². The van der Waals surface area contributed by atoms with Crippen molar-refractivity contribution in [3.8, 4) is 44.5 Å². The van der Waals surface area contributed by atoms with Gasteiger partial charge >= 0.3 is 0 Å². The molecule has 0 bridgehead atoms. The maximum absolute atomic E-state index is 2.47. The fourth-order valence-electron chi connectivity index (χ4n) is 9.44. The van der Waals surface area contributed by atoms with Crippen LogP contribution < -0.4 is 4.90 Å². The Labute approximate surface area is 341 Å². The van der Waals surface area contributed by atoms with Crippen LogP contribution in [0.15, 0.2) is 152 Å². The number of fused-ring (bicyclic) bond motifs is 6. The molecule has 9 rings (SSSR count). The number of nitrogens with zero attached hydrogens (tertiary/aromatic N) is 1. The second-order valence-electron chi connectivity index (χ2n) is 19.6. The first-order chi connectivity index (χ1) is 27.0. The van der Waals surface area contributed by atoms with E-state index >= 15 is 0 Å². The van der Waals surface area contributed by atoms with Gasteiger partial charge in [0.15, 0.2) is 0 Å². The Kier molecular flexibility index (Phi) is 8.38. The van der Waals surface area contributed by atoms with Gasteiger partial charge in [0.25, 0.3) is 0 Å². The van der Waals surface area contributed by atoms with Crippen LogP contribution in [0.25, 0.3) is 44.5 Å². The molecule has 1 heteroatoms. The zero-order chi connectivity index (χ0) is 40.1. The molecule has 0 amide bonds. The van der Waals surface area contributed by atoms with Gasteiger partial charge in [-0.2, -0.15) is 0 Å². The number of hydrogen-bond acceptors (Lipinski definition) is 1. The lowest BCUT2D eigenvalue weighted by Gasteiger charge is -2.27. The summed E-state index contributed by atoms with van der Waals surface area (Å²) in [6.07, 6.45) is 0. The lowest BCUT2D eigenvalue weighted by molar-refractivity contribution is 0.584. The van der Waals surface area contributed by atoms with Crippen molar-refractivity contribution >= 4 is 17.1 Å². The van der Waals surface area contributed by atoms with Crippen LogP contribution in [0.1, 0.15) is 103 Å². The highest BCUT2D eigenvalue weighted by Crippen LogP contribution is 2.53. The maximum atomic E-state index is 2.47. The number of benzene rings is 7. The third-order valence-corrected chi connectivity index (χ3v) is 13.0. The molecule has 0 atom stereocenters. The van der Waals surface area contributed by atoms with Crippen molar-refractivity contribution in [1.82, 2.24) is 0 Å². The normalized spacial score (nSPS) is 14.8. The first-order valence-corrected chi connectivity index (χ1v) is 20.7. The Hall–Kier alpha value is -5.66. The van der Waals surface area contributed by atoms with Crippen LogP contribution in [-0.4, -0.2) is 0 Å². The van der Waals surface area contributed by atoms with Gasteiger partial charge < -0.3 is 4.90 Å². The highest BCUT2D eigenvalue weighted by molar-refractivity contribution is 5.90. The molecule has 284 valence electrons. The molecular weight excluding hydrogens is 687 g/mol. The number of para-hydroxylation sites is 2. The smallest absolute Gasteiger partial charge is 0.0473 e. The Balaban J connectivity index is 1.22. The predicted octanol–water partition coefficient (Wildman–Crippen LogP) is 15.7. The van der Waals surface area contributed by atoms with Crippen LogP contribution in [-0.2, 0) is 21.7 Å². The molecule has 0 aliphatic heterocycles. The standard InChI is InChI=1S/C56H55N/c1-53(2,3)40-23-27-47-45-25-21-36(32-49(45)55(7,8)51(47)34-40)38-29-39(31-44(30-38)57(42-17-13-11-14-18-42)43-19-15-12-16-20-43)37-22-26-46-48-28-24-41(54(4,5)6)35-52(48)56(9,10)50(46)33-37/h11-35H,1-10H3. The third-order valence-electron chi connectivity index (χ3n) is 13.0. The Morgan fingerprint density at radius 1 is 0.333 bits per heavy atom. The summed E-state index contributed by atoms with van der Waals surface area (Å²) in [5.41, 5.74) is 22.1. The number of rotatable bonds is 5. The van der Waals surface area contributed by atoms with Gasteiger partial charge in [-0.15, -0.1) is 0 Å². The zero-order valence-corrected chi connectivity index (χ0v) is 35.4.